The molecule has 1 fully saturated rings. The van der Waals surface area contributed by atoms with Crippen LogP contribution in [0.1, 0.15) is 12.0 Å². The molecular formula is C27H29ClN6O3. The van der Waals surface area contributed by atoms with Crippen molar-refractivity contribution in [3.05, 3.63) is 65.3 Å². The highest BCUT2D eigenvalue weighted by molar-refractivity contribution is 6.34. The van der Waals surface area contributed by atoms with E-state index in [2.05, 4.69) is 37.6 Å². The van der Waals surface area contributed by atoms with Crippen molar-refractivity contribution in [2.45, 2.75) is 19.0 Å². The summed E-state index contributed by atoms with van der Waals surface area (Å²) in [4.78, 5) is 26.4. The van der Waals surface area contributed by atoms with Crippen LogP contribution >= 0.6 is 11.6 Å². The first-order valence-electron chi connectivity index (χ1n) is 12.1. The van der Waals surface area contributed by atoms with Gasteiger partial charge >= 0.3 is 0 Å². The van der Waals surface area contributed by atoms with E-state index in [1.54, 1.807) is 32.5 Å². The number of anilines is 1. The average Bonchev–Trinajstić information content (AvgIpc) is 3.56. The molecule has 192 valence electrons. The van der Waals surface area contributed by atoms with Crippen LogP contribution in [-0.4, -0.2) is 65.7 Å². The fourth-order valence-electron chi connectivity index (χ4n) is 4.46. The number of ether oxygens (including phenoxy) is 2. The average molecular weight is 521 g/mol. The van der Waals surface area contributed by atoms with Crippen molar-refractivity contribution in [2.24, 2.45) is 0 Å². The maximum absolute atomic E-state index is 11.4. The Bertz CT molecular complexity index is 1390. The highest BCUT2D eigenvalue weighted by Gasteiger charge is 2.25. The topological polar surface area (TPSA) is 104 Å². The number of carbonyl (C=O) groups excluding carboxylic acids is 1. The van der Waals surface area contributed by atoms with Gasteiger partial charge in [0.2, 0.25) is 0 Å². The third-order valence-corrected chi connectivity index (χ3v) is 6.69. The minimum absolute atomic E-state index is 0.0317. The van der Waals surface area contributed by atoms with E-state index in [1.165, 1.54) is 5.56 Å². The predicted molar refractivity (Wildman–Crippen MR) is 144 cm³/mol. The van der Waals surface area contributed by atoms with E-state index in [9.17, 15) is 4.79 Å². The normalized spacial score (nSPS) is 15.6. The maximum Gasteiger partial charge on any atom is 0.257 e. The molecule has 1 amide bonds. The summed E-state index contributed by atoms with van der Waals surface area (Å²) in [5.74, 6) is 1.97. The molecule has 2 aromatic carbocycles. The number of methoxy groups -OCH3 is 1. The van der Waals surface area contributed by atoms with Gasteiger partial charge in [-0.1, -0.05) is 23.7 Å². The molecule has 0 saturated carbocycles. The molecule has 0 aliphatic carbocycles. The Labute approximate surface area is 220 Å². The molecule has 0 radical (unpaired) electrons. The number of aromatic nitrogens is 3. The van der Waals surface area contributed by atoms with E-state index >= 15 is 0 Å². The van der Waals surface area contributed by atoms with Gasteiger partial charge < -0.3 is 25.1 Å². The highest BCUT2D eigenvalue weighted by Crippen LogP contribution is 2.32. The zero-order valence-corrected chi connectivity index (χ0v) is 21.5. The van der Waals surface area contributed by atoms with Crippen molar-refractivity contribution in [1.82, 2.24) is 25.2 Å². The van der Waals surface area contributed by atoms with E-state index in [1.807, 2.05) is 24.3 Å². The third kappa shape index (κ3) is 5.79. The van der Waals surface area contributed by atoms with Crippen molar-refractivity contribution in [2.75, 3.05) is 39.2 Å². The van der Waals surface area contributed by atoms with Crippen molar-refractivity contribution < 1.29 is 14.3 Å². The number of nitrogens with zero attached hydrogens (tertiary/aromatic N) is 3. The number of nitrogens with one attached hydrogen (secondary N) is 3. The molecule has 37 heavy (non-hydrogen) atoms. The van der Waals surface area contributed by atoms with Crippen LogP contribution in [-0.2, 0) is 11.3 Å². The minimum Gasteiger partial charge on any atom is -0.497 e. The molecule has 9 nitrogen and oxygen atoms in total. The Morgan fingerprint density at radius 1 is 1.22 bits per heavy atom. The molecule has 1 aliphatic rings. The van der Waals surface area contributed by atoms with Crippen LogP contribution in [0, 0.1) is 0 Å². The number of amides is 1. The van der Waals surface area contributed by atoms with E-state index in [0.717, 1.165) is 43.1 Å². The number of pyridine rings is 1. The first-order valence-corrected chi connectivity index (χ1v) is 12.5. The summed E-state index contributed by atoms with van der Waals surface area (Å²) in [6.45, 7) is 2.72. The van der Waals surface area contributed by atoms with E-state index in [4.69, 9.17) is 26.1 Å². The summed E-state index contributed by atoms with van der Waals surface area (Å²) < 4.78 is 10.8. The van der Waals surface area contributed by atoms with Crippen molar-refractivity contribution in [3.8, 4) is 22.9 Å². The smallest absolute Gasteiger partial charge is 0.257 e. The number of hydrogen-bond donors (Lipinski definition) is 3. The number of aromatic amines is 1. The highest BCUT2D eigenvalue weighted by atomic mass is 35.5. The minimum atomic E-state index is -0.185. The molecule has 0 bridgehead atoms. The molecule has 1 atom stereocenters. The van der Waals surface area contributed by atoms with Crippen LogP contribution in [0.25, 0.3) is 22.6 Å². The molecule has 1 saturated heterocycles. The molecule has 5 rings (SSSR count). The van der Waals surface area contributed by atoms with Gasteiger partial charge in [-0.15, -0.1) is 0 Å². The number of halogens is 1. The van der Waals surface area contributed by atoms with Gasteiger partial charge in [0.25, 0.3) is 5.91 Å². The number of imidazole rings is 1. The fourth-order valence-corrected chi connectivity index (χ4v) is 4.65. The van der Waals surface area contributed by atoms with Crippen LogP contribution in [0.15, 0.2) is 54.7 Å². The zero-order valence-electron chi connectivity index (χ0n) is 20.8. The summed E-state index contributed by atoms with van der Waals surface area (Å²) in [5.41, 5.74) is 4.25. The van der Waals surface area contributed by atoms with Gasteiger partial charge in [0.15, 0.2) is 12.3 Å². The Balaban J connectivity index is 1.28. The van der Waals surface area contributed by atoms with Crippen LogP contribution in [0.5, 0.6) is 11.5 Å². The van der Waals surface area contributed by atoms with Gasteiger partial charge in [0, 0.05) is 38.3 Å². The van der Waals surface area contributed by atoms with Gasteiger partial charge in [0.1, 0.15) is 22.8 Å². The number of H-pyrrole nitrogens is 1. The van der Waals surface area contributed by atoms with Crippen molar-refractivity contribution >= 4 is 34.4 Å². The molecule has 1 unspecified atom stereocenters. The number of likely N-dealkylation sites (tertiary alicyclic amines) is 1. The maximum atomic E-state index is 11.4. The molecule has 1 aliphatic heterocycles. The number of rotatable bonds is 9. The second kappa shape index (κ2) is 11.1. The van der Waals surface area contributed by atoms with Crippen LogP contribution in [0.2, 0.25) is 5.02 Å². The van der Waals surface area contributed by atoms with Gasteiger partial charge in [-0.3, -0.25) is 9.69 Å². The lowest BCUT2D eigenvalue weighted by Gasteiger charge is -2.18. The fraction of sp³-hybridized carbons (Fsp3) is 0.296. The summed E-state index contributed by atoms with van der Waals surface area (Å²) in [5, 5.41) is 6.69. The second-order valence-corrected chi connectivity index (χ2v) is 9.37. The number of hydrogen-bond acceptors (Lipinski definition) is 7. The molecule has 0 spiro atoms. The molecule has 4 aromatic rings. The molecule has 3 N–H and O–H groups in total. The molecule has 2 aromatic heterocycles. The number of fused-ring (bicyclic) bond motifs is 1. The summed E-state index contributed by atoms with van der Waals surface area (Å²) >= 11 is 6.57. The second-order valence-electron chi connectivity index (χ2n) is 8.97. The number of carbonyl (C=O) groups is 1. The monoisotopic (exact) mass is 520 g/mol. The van der Waals surface area contributed by atoms with Gasteiger partial charge in [-0.05, 0) is 48.4 Å². The van der Waals surface area contributed by atoms with Crippen LogP contribution in [0.4, 0.5) is 5.69 Å². The summed E-state index contributed by atoms with van der Waals surface area (Å²) in [7, 11) is 3.26. The van der Waals surface area contributed by atoms with E-state index in [0.29, 0.717) is 27.8 Å². The zero-order chi connectivity index (χ0) is 25.8. The van der Waals surface area contributed by atoms with E-state index in [-0.39, 0.29) is 18.6 Å². The Morgan fingerprint density at radius 2 is 2.05 bits per heavy atom. The Hall–Kier alpha value is -3.82. The van der Waals surface area contributed by atoms with Gasteiger partial charge in [-0.2, -0.15) is 0 Å². The van der Waals surface area contributed by atoms with Crippen LogP contribution in [0.3, 0.4) is 0 Å². The predicted octanol–water partition coefficient (Wildman–Crippen LogP) is 4.10. The van der Waals surface area contributed by atoms with Crippen LogP contribution < -0.4 is 20.1 Å². The van der Waals surface area contributed by atoms with Gasteiger partial charge in [0.05, 0.1) is 24.0 Å². The standard InChI is InChI=1S/C27H29ClN6O3/c1-29-23(35)16-37-20-8-6-18(7-9-20)26-32-25-24(22(28)13-30-27(25)33-26)31-19-10-11-34(15-19)14-17-4-3-5-21(12-17)36-2/h3-9,12-13,19H,10-11,14-16H2,1-2H3,(H,29,35)(H2,30,31,32,33). The summed E-state index contributed by atoms with van der Waals surface area (Å²) in [6.07, 6.45) is 2.64. The van der Waals surface area contributed by atoms with Crippen molar-refractivity contribution in [1.29, 1.82) is 0 Å². The summed E-state index contributed by atoms with van der Waals surface area (Å²) in [6, 6.07) is 15.8. The molecule has 3 heterocycles. The lowest BCUT2D eigenvalue weighted by atomic mass is 10.2. The molecule has 10 heteroatoms. The lowest BCUT2D eigenvalue weighted by Crippen LogP contribution is -2.26. The van der Waals surface area contributed by atoms with Crippen molar-refractivity contribution in [3.63, 3.8) is 0 Å². The Kier molecular flexibility index (Phi) is 7.43. The Morgan fingerprint density at radius 3 is 2.84 bits per heavy atom. The first-order chi connectivity index (χ1) is 18.0. The SMILES string of the molecule is CNC(=O)COc1ccc(-c2nc3c(NC4CCN(Cc5cccc(OC)c5)C4)c(Cl)cnc3[nH]2)cc1. The number of likely N-dealkylation sites (N-methyl/N-ethyl adjacent to an activating group) is 1. The van der Waals surface area contributed by atoms with Gasteiger partial charge in [-0.25, -0.2) is 9.97 Å². The molecular weight excluding hydrogens is 492 g/mol. The largest absolute Gasteiger partial charge is 0.497 e. The third-order valence-electron chi connectivity index (χ3n) is 6.41. The first kappa shape index (κ1) is 24.9. The number of benzene rings is 2. The lowest BCUT2D eigenvalue weighted by molar-refractivity contribution is -0.122. The van der Waals surface area contributed by atoms with E-state index < -0.39 is 0 Å². The quantitative estimate of drug-likeness (QED) is 0.305.